The van der Waals surface area contributed by atoms with E-state index in [1.807, 2.05) is 0 Å². The van der Waals surface area contributed by atoms with Crippen LogP contribution in [0.25, 0.3) is 0 Å². The summed E-state index contributed by atoms with van der Waals surface area (Å²) in [6.07, 6.45) is 3.46. The molecule has 0 radical (unpaired) electrons. The van der Waals surface area contributed by atoms with Crippen molar-refractivity contribution < 1.29 is 9.59 Å². The summed E-state index contributed by atoms with van der Waals surface area (Å²) in [4.78, 5) is 21.8. The number of carbonyl (C=O) groups excluding carboxylic acids is 2. The van der Waals surface area contributed by atoms with Crippen LogP contribution < -0.4 is 0 Å². The molecule has 0 heterocycles. The molecule has 2 heteroatoms. The second-order valence-corrected chi connectivity index (χ2v) is 2.72. The van der Waals surface area contributed by atoms with Crippen molar-refractivity contribution in [2.75, 3.05) is 0 Å². The van der Waals surface area contributed by atoms with E-state index in [1.54, 1.807) is 6.92 Å². The van der Waals surface area contributed by atoms with Crippen molar-refractivity contribution in [1.82, 2.24) is 0 Å². The molecular weight excluding hydrogens is 164 g/mol. The molecular formula is C11H14O2. The van der Waals surface area contributed by atoms with Crippen LogP contribution in [-0.4, -0.2) is 11.6 Å². The van der Waals surface area contributed by atoms with Gasteiger partial charge in [-0.1, -0.05) is 32.2 Å². The zero-order valence-electron chi connectivity index (χ0n) is 8.09. The van der Waals surface area contributed by atoms with Crippen LogP contribution in [0, 0.1) is 0 Å². The van der Waals surface area contributed by atoms with Crippen molar-refractivity contribution in [1.29, 1.82) is 0 Å². The highest BCUT2D eigenvalue weighted by Crippen LogP contribution is 2.02. The van der Waals surface area contributed by atoms with E-state index >= 15 is 0 Å². The summed E-state index contributed by atoms with van der Waals surface area (Å²) in [6.45, 7) is 10.3. The normalized spacial score (nSPS) is 10.0. The molecule has 0 aliphatic carbocycles. The first-order valence-electron chi connectivity index (χ1n) is 4.09. The smallest absolute Gasteiger partial charge is 0.162 e. The molecule has 0 aromatic heterocycles. The highest BCUT2D eigenvalue weighted by atomic mass is 16.1. The Balaban J connectivity index is 4.29. The molecule has 0 rings (SSSR count). The summed E-state index contributed by atoms with van der Waals surface area (Å²) in [5, 5.41) is 0. The molecule has 0 spiro atoms. The minimum Gasteiger partial charge on any atom is -0.295 e. The Bertz CT molecular complexity index is 282. The van der Waals surface area contributed by atoms with Crippen LogP contribution in [0.3, 0.4) is 0 Å². The second kappa shape index (κ2) is 5.25. The zero-order chi connectivity index (χ0) is 10.4. The quantitative estimate of drug-likeness (QED) is 0.478. The lowest BCUT2D eigenvalue weighted by molar-refractivity contribution is -0.115. The monoisotopic (exact) mass is 178 g/mol. The van der Waals surface area contributed by atoms with Gasteiger partial charge in [0.25, 0.3) is 0 Å². The van der Waals surface area contributed by atoms with E-state index in [4.69, 9.17) is 0 Å². The van der Waals surface area contributed by atoms with E-state index in [0.717, 1.165) is 0 Å². The van der Waals surface area contributed by atoms with Gasteiger partial charge in [-0.25, -0.2) is 0 Å². The maximum absolute atomic E-state index is 11.0. The minimum atomic E-state index is -0.104. The van der Waals surface area contributed by atoms with E-state index in [1.165, 1.54) is 19.1 Å². The molecule has 0 aromatic rings. The third kappa shape index (κ3) is 4.21. The van der Waals surface area contributed by atoms with Gasteiger partial charge in [-0.2, -0.15) is 0 Å². The van der Waals surface area contributed by atoms with E-state index < -0.39 is 0 Å². The van der Waals surface area contributed by atoms with Crippen LogP contribution in [-0.2, 0) is 9.59 Å². The predicted molar refractivity (Wildman–Crippen MR) is 53.4 cm³/mol. The van der Waals surface area contributed by atoms with Crippen molar-refractivity contribution >= 4 is 11.6 Å². The first-order valence-corrected chi connectivity index (χ1v) is 4.09. The Morgan fingerprint density at radius 2 is 1.62 bits per heavy atom. The minimum absolute atomic E-state index is 0.0207. The van der Waals surface area contributed by atoms with Crippen LogP contribution in [0.2, 0.25) is 0 Å². The van der Waals surface area contributed by atoms with Gasteiger partial charge in [0.05, 0.1) is 0 Å². The van der Waals surface area contributed by atoms with Gasteiger partial charge < -0.3 is 0 Å². The van der Waals surface area contributed by atoms with Crippen molar-refractivity contribution in [2.24, 2.45) is 0 Å². The lowest BCUT2D eigenvalue weighted by atomic mass is 10.1. The Morgan fingerprint density at radius 3 is 2.00 bits per heavy atom. The molecule has 0 aliphatic heterocycles. The first kappa shape index (κ1) is 11.6. The molecule has 0 amide bonds. The molecule has 0 saturated carbocycles. The Hall–Kier alpha value is -1.44. The van der Waals surface area contributed by atoms with Gasteiger partial charge in [0, 0.05) is 17.6 Å². The summed E-state index contributed by atoms with van der Waals surface area (Å²) in [6, 6.07) is 0. The van der Waals surface area contributed by atoms with E-state index in [0.29, 0.717) is 17.6 Å². The zero-order valence-corrected chi connectivity index (χ0v) is 8.09. The summed E-state index contributed by atoms with van der Waals surface area (Å²) in [5.41, 5.74) is 0.787. The molecule has 0 aromatic carbocycles. The standard InChI is InChI=1S/C11H14O2/c1-5-11(13)9(3)7-6-8(2)10(4)12/h6-7H,2-3,5H2,1,4H3. The van der Waals surface area contributed by atoms with Crippen LogP contribution >= 0.6 is 0 Å². The number of carbonyl (C=O) groups is 2. The fourth-order valence-electron chi connectivity index (χ4n) is 0.639. The molecule has 0 atom stereocenters. The van der Waals surface area contributed by atoms with Crippen LogP contribution in [0.15, 0.2) is 36.5 Å². The third-order valence-corrected chi connectivity index (χ3v) is 1.62. The average molecular weight is 178 g/mol. The van der Waals surface area contributed by atoms with Crippen molar-refractivity contribution in [3.63, 3.8) is 0 Å². The van der Waals surface area contributed by atoms with Gasteiger partial charge in [0.2, 0.25) is 0 Å². The van der Waals surface area contributed by atoms with Crippen LogP contribution in [0.5, 0.6) is 0 Å². The molecule has 2 nitrogen and oxygen atoms in total. The third-order valence-electron chi connectivity index (χ3n) is 1.62. The van der Waals surface area contributed by atoms with E-state index in [-0.39, 0.29) is 11.6 Å². The molecule has 0 unspecified atom stereocenters. The Labute approximate surface area is 78.6 Å². The number of ketones is 2. The average Bonchev–Trinajstić information content (AvgIpc) is 2.11. The van der Waals surface area contributed by atoms with Crippen LogP contribution in [0.1, 0.15) is 20.3 Å². The van der Waals surface area contributed by atoms with Gasteiger partial charge in [-0.3, -0.25) is 9.59 Å². The molecule has 0 fully saturated rings. The van der Waals surface area contributed by atoms with Crippen molar-refractivity contribution in [2.45, 2.75) is 20.3 Å². The number of Topliss-reactive ketones (excluding diaryl/α,β-unsaturated/α-hetero) is 2. The fraction of sp³-hybridized carbons (Fsp3) is 0.273. The number of rotatable bonds is 5. The predicted octanol–water partition coefficient (Wildman–Crippen LogP) is 2.22. The van der Waals surface area contributed by atoms with Gasteiger partial charge in [0.1, 0.15) is 0 Å². The molecule has 70 valence electrons. The van der Waals surface area contributed by atoms with Gasteiger partial charge in [-0.15, -0.1) is 0 Å². The van der Waals surface area contributed by atoms with Crippen molar-refractivity contribution in [3.8, 4) is 0 Å². The summed E-state index contributed by atoms with van der Waals surface area (Å²) >= 11 is 0. The summed E-state index contributed by atoms with van der Waals surface area (Å²) < 4.78 is 0. The maximum Gasteiger partial charge on any atom is 0.162 e. The Morgan fingerprint density at radius 1 is 1.15 bits per heavy atom. The molecule has 0 N–H and O–H groups in total. The van der Waals surface area contributed by atoms with Crippen LogP contribution in [0.4, 0.5) is 0 Å². The van der Waals surface area contributed by atoms with Gasteiger partial charge in [-0.05, 0) is 6.92 Å². The second-order valence-electron chi connectivity index (χ2n) is 2.72. The maximum atomic E-state index is 11.0. The van der Waals surface area contributed by atoms with Gasteiger partial charge >= 0.3 is 0 Å². The van der Waals surface area contributed by atoms with E-state index in [2.05, 4.69) is 13.2 Å². The molecule has 0 saturated heterocycles. The highest BCUT2D eigenvalue weighted by molar-refractivity contribution is 5.99. The highest BCUT2D eigenvalue weighted by Gasteiger charge is 2.00. The number of hydrogen-bond acceptors (Lipinski definition) is 2. The fourth-order valence-corrected chi connectivity index (χ4v) is 0.639. The number of hydrogen-bond donors (Lipinski definition) is 0. The summed E-state index contributed by atoms with van der Waals surface area (Å²) in [7, 11) is 0. The summed E-state index contributed by atoms with van der Waals surface area (Å²) in [5.74, 6) is -0.124. The molecule has 0 aliphatic rings. The topological polar surface area (TPSA) is 34.1 Å². The molecule has 13 heavy (non-hydrogen) atoms. The largest absolute Gasteiger partial charge is 0.295 e. The molecule has 0 bridgehead atoms. The first-order chi connectivity index (χ1) is 5.99. The van der Waals surface area contributed by atoms with Crippen molar-refractivity contribution in [3.05, 3.63) is 36.5 Å². The Kier molecular flexibility index (Phi) is 4.67. The SMILES string of the molecule is C=C(C=CC(=C)C(=O)CC)C(C)=O. The lowest BCUT2D eigenvalue weighted by Crippen LogP contribution is -1.97. The number of allylic oxidation sites excluding steroid dienone is 4. The van der Waals surface area contributed by atoms with Gasteiger partial charge in [0.15, 0.2) is 11.6 Å². The van der Waals surface area contributed by atoms with E-state index in [9.17, 15) is 9.59 Å². The lowest BCUT2D eigenvalue weighted by Gasteiger charge is -1.95.